The fraction of sp³-hybridized carbons (Fsp3) is 0.429. The first-order chi connectivity index (χ1) is 10.1. The maximum atomic E-state index is 13.6. The molecule has 0 radical (unpaired) electrons. The molecule has 2 rings (SSSR count). The largest absolute Gasteiger partial charge is 0.478 e. The van der Waals surface area contributed by atoms with Crippen molar-refractivity contribution in [3.8, 4) is 0 Å². The van der Waals surface area contributed by atoms with E-state index in [-0.39, 0.29) is 17.4 Å². The van der Waals surface area contributed by atoms with Crippen molar-refractivity contribution in [1.29, 1.82) is 0 Å². The number of carboxylic acid groups (broad SMARTS) is 1. The lowest BCUT2D eigenvalue weighted by molar-refractivity contribution is 0.0187. The number of benzene rings is 1. The fourth-order valence-electron chi connectivity index (χ4n) is 2.16. The summed E-state index contributed by atoms with van der Waals surface area (Å²) < 4.78 is 19.1. The molecule has 114 valence electrons. The minimum atomic E-state index is -1.31. The zero-order valence-corrected chi connectivity index (χ0v) is 11.4. The lowest BCUT2D eigenvalue weighted by Crippen LogP contribution is -2.38. The van der Waals surface area contributed by atoms with Crippen molar-refractivity contribution in [3.05, 3.63) is 29.6 Å². The summed E-state index contributed by atoms with van der Waals surface area (Å²) in [5.41, 5.74) is -0.633. The van der Waals surface area contributed by atoms with Crippen LogP contribution in [-0.4, -0.2) is 36.4 Å². The second-order valence-corrected chi connectivity index (χ2v) is 4.79. The number of para-hydroxylation sites is 1. The molecule has 1 aliphatic rings. The molecule has 1 atom stereocenters. The quantitative estimate of drug-likeness (QED) is 0.795. The van der Waals surface area contributed by atoms with Crippen LogP contribution in [0.4, 0.5) is 14.9 Å². The number of halogens is 1. The van der Waals surface area contributed by atoms with Gasteiger partial charge in [-0.3, -0.25) is 0 Å². The number of aromatic carboxylic acids is 1. The molecule has 21 heavy (non-hydrogen) atoms. The van der Waals surface area contributed by atoms with Crippen LogP contribution in [-0.2, 0) is 4.74 Å². The van der Waals surface area contributed by atoms with Crippen molar-refractivity contribution < 1.29 is 23.8 Å². The summed E-state index contributed by atoms with van der Waals surface area (Å²) in [7, 11) is 0. The van der Waals surface area contributed by atoms with Crippen LogP contribution in [0.3, 0.4) is 0 Å². The third-order valence-corrected chi connectivity index (χ3v) is 3.25. The molecule has 0 spiro atoms. The number of hydrogen-bond acceptors (Lipinski definition) is 3. The molecule has 2 amide bonds. The highest BCUT2D eigenvalue weighted by Crippen LogP contribution is 2.19. The van der Waals surface area contributed by atoms with Gasteiger partial charge in [-0.1, -0.05) is 6.07 Å². The molecule has 0 saturated carbocycles. The summed E-state index contributed by atoms with van der Waals surface area (Å²) in [6.45, 7) is 0.979. The molecule has 7 heteroatoms. The van der Waals surface area contributed by atoms with E-state index >= 15 is 0 Å². The predicted molar refractivity (Wildman–Crippen MR) is 74.0 cm³/mol. The number of carboxylic acids is 1. The average Bonchev–Trinajstić information content (AvgIpc) is 2.48. The van der Waals surface area contributed by atoms with E-state index in [1.165, 1.54) is 12.1 Å². The van der Waals surface area contributed by atoms with Crippen LogP contribution in [0.15, 0.2) is 18.2 Å². The Kier molecular flexibility index (Phi) is 5.10. The second-order valence-electron chi connectivity index (χ2n) is 4.79. The Balaban J connectivity index is 1.94. The van der Waals surface area contributed by atoms with Crippen LogP contribution >= 0.6 is 0 Å². The smallest absolute Gasteiger partial charge is 0.337 e. The number of carbonyl (C=O) groups excluding carboxylic acids is 1. The number of carbonyl (C=O) groups is 2. The van der Waals surface area contributed by atoms with Crippen molar-refractivity contribution in [2.45, 2.75) is 25.4 Å². The van der Waals surface area contributed by atoms with E-state index in [0.717, 1.165) is 25.3 Å². The van der Waals surface area contributed by atoms with Gasteiger partial charge in [-0.2, -0.15) is 0 Å². The summed E-state index contributed by atoms with van der Waals surface area (Å²) in [4.78, 5) is 22.7. The lowest BCUT2D eigenvalue weighted by Gasteiger charge is -2.22. The Labute approximate surface area is 121 Å². The van der Waals surface area contributed by atoms with E-state index < -0.39 is 17.8 Å². The number of ether oxygens (including phenoxy) is 1. The van der Waals surface area contributed by atoms with Crippen LogP contribution in [0.1, 0.15) is 29.6 Å². The van der Waals surface area contributed by atoms with E-state index in [4.69, 9.17) is 9.84 Å². The van der Waals surface area contributed by atoms with Gasteiger partial charge in [0.25, 0.3) is 0 Å². The summed E-state index contributed by atoms with van der Waals surface area (Å²) in [6, 6.07) is 2.94. The molecule has 1 unspecified atom stereocenters. The van der Waals surface area contributed by atoms with Crippen molar-refractivity contribution in [3.63, 3.8) is 0 Å². The number of nitrogens with one attached hydrogen (secondary N) is 2. The van der Waals surface area contributed by atoms with Crippen molar-refractivity contribution in [2.24, 2.45) is 0 Å². The van der Waals surface area contributed by atoms with Crippen LogP contribution in [0.25, 0.3) is 0 Å². The van der Waals surface area contributed by atoms with Crippen LogP contribution in [0.5, 0.6) is 0 Å². The van der Waals surface area contributed by atoms with Crippen molar-refractivity contribution >= 4 is 17.7 Å². The summed E-state index contributed by atoms with van der Waals surface area (Å²) in [5, 5.41) is 13.8. The highest BCUT2D eigenvalue weighted by Gasteiger charge is 2.18. The van der Waals surface area contributed by atoms with Crippen LogP contribution in [0.2, 0.25) is 0 Å². The first-order valence-corrected chi connectivity index (χ1v) is 6.76. The van der Waals surface area contributed by atoms with Gasteiger partial charge in [0, 0.05) is 13.2 Å². The van der Waals surface area contributed by atoms with Crippen molar-refractivity contribution in [1.82, 2.24) is 5.32 Å². The first-order valence-electron chi connectivity index (χ1n) is 6.76. The minimum absolute atomic E-state index is 0.0518. The van der Waals surface area contributed by atoms with E-state index in [9.17, 15) is 14.0 Å². The monoisotopic (exact) mass is 296 g/mol. The molecule has 1 fully saturated rings. The topological polar surface area (TPSA) is 87.7 Å². The highest BCUT2D eigenvalue weighted by molar-refractivity contribution is 6.00. The zero-order chi connectivity index (χ0) is 15.2. The Bertz CT molecular complexity index is 530. The van der Waals surface area contributed by atoms with Gasteiger partial charge in [-0.15, -0.1) is 0 Å². The van der Waals surface area contributed by atoms with Crippen LogP contribution < -0.4 is 10.6 Å². The lowest BCUT2D eigenvalue weighted by atomic mass is 10.1. The maximum absolute atomic E-state index is 13.6. The Hall–Kier alpha value is -2.15. The molecule has 1 heterocycles. The molecule has 0 aromatic heterocycles. The number of rotatable bonds is 4. The number of anilines is 1. The minimum Gasteiger partial charge on any atom is -0.478 e. The second kappa shape index (κ2) is 7.03. The molecule has 1 aromatic rings. The third kappa shape index (κ3) is 4.16. The molecular weight excluding hydrogens is 279 g/mol. The first kappa shape index (κ1) is 15.2. The van der Waals surface area contributed by atoms with Crippen molar-refractivity contribution in [2.75, 3.05) is 18.5 Å². The number of hydrogen-bond donors (Lipinski definition) is 3. The molecule has 1 aliphatic heterocycles. The zero-order valence-electron chi connectivity index (χ0n) is 11.4. The molecule has 3 N–H and O–H groups in total. The van der Waals surface area contributed by atoms with E-state index in [0.29, 0.717) is 13.2 Å². The summed E-state index contributed by atoms with van der Waals surface area (Å²) in [5.74, 6) is -2.10. The normalized spacial score (nSPS) is 18.0. The molecular formula is C14H17FN2O4. The number of amides is 2. The van der Waals surface area contributed by atoms with Crippen LogP contribution in [0, 0.1) is 5.82 Å². The fourth-order valence-corrected chi connectivity index (χ4v) is 2.16. The maximum Gasteiger partial charge on any atom is 0.337 e. The van der Waals surface area contributed by atoms with Gasteiger partial charge >= 0.3 is 12.0 Å². The standard InChI is InChI=1S/C14H17FN2O4/c15-11-6-3-5-10(13(18)19)12(11)17-14(20)16-8-9-4-1-2-7-21-9/h3,5-6,9H,1-2,4,7-8H2,(H,18,19)(H2,16,17,20). The SMILES string of the molecule is O=C(NCC1CCCCO1)Nc1c(F)cccc1C(=O)O. The Morgan fingerprint density at radius 1 is 1.38 bits per heavy atom. The molecule has 6 nitrogen and oxygen atoms in total. The van der Waals surface area contributed by atoms with Gasteiger partial charge in [0.15, 0.2) is 0 Å². The molecule has 1 saturated heterocycles. The number of urea groups is 1. The van der Waals surface area contributed by atoms with Gasteiger partial charge in [0.2, 0.25) is 0 Å². The molecule has 0 aliphatic carbocycles. The summed E-state index contributed by atoms with van der Waals surface area (Å²) >= 11 is 0. The van der Waals surface area contributed by atoms with E-state index in [1.807, 2.05) is 0 Å². The highest BCUT2D eigenvalue weighted by atomic mass is 19.1. The van der Waals surface area contributed by atoms with Gasteiger partial charge in [0.1, 0.15) is 5.82 Å². The average molecular weight is 296 g/mol. The van der Waals surface area contributed by atoms with E-state index in [1.54, 1.807) is 0 Å². The summed E-state index contributed by atoms with van der Waals surface area (Å²) in [6.07, 6.45) is 2.87. The Morgan fingerprint density at radius 2 is 2.19 bits per heavy atom. The van der Waals surface area contributed by atoms with Gasteiger partial charge in [0.05, 0.1) is 17.4 Å². The van der Waals surface area contributed by atoms with Gasteiger partial charge in [-0.05, 0) is 31.4 Å². The predicted octanol–water partition coefficient (Wildman–Crippen LogP) is 2.21. The third-order valence-electron chi connectivity index (χ3n) is 3.25. The van der Waals surface area contributed by atoms with Gasteiger partial charge < -0.3 is 20.5 Å². The Morgan fingerprint density at radius 3 is 2.86 bits per heavy atom. The van der Waals surface area contributed by atoms with Gasteiger partial charge in [-0.25, -0.2) is 14.0 Å². The molecule has 0 bridgehead atoms. The molecule has 1 aromatic carbocycles. The van der Waals surface area contributed by atoms with E-state index in [2.05, 4.69) is 10.6 Å².